The number of furan rings is 1. The average molecular weight is 485 g/mol. The molecule has 2 amide bonds. The first-order valence-electron chi connectivity index (χ1n) is 12.6. The van der Waals surface area contributed by atoms with Gasteiger partial charge in [0.05, 0.1) is 27.3 Å². The summed E-state index contributed by atoms with van der Waals surface area (Å²) in [5.74, 6) is 3.49. The maximum Gasteiger partial charge on any atom is 0.242 e. The highest BCUT2D eigenvalue weighted by Crippen LogP contribution is 2.29. The van der Waals surface area contributed by atoms with Crippen molar-refractivity contribution in [1.82, 2.24) is 9.80 Å². The van der Waals surface area contributed by atoms with Crippen LogP contribution in [0.25, 0.3) is 0 Å². The minimum atomic E-state index is -0.0593. The summed E-state index contributed by atoms with van der Waals surface area (Å²) in [5.41, 5.74) is 1.04. The number of ether oxygens (including phenoxy) is 2. The molecular weight excluding hydrogens is 444 g/mol. The topological polar surface area (TPSA) is 72.2 Å². The summed E-state index contributed by atoms with van der Waals surface area (Å²) in [4.78, 5) is 30.2. The van der Waals surface area contributed by atoms with E-state index in [2.05, 4.69) is 13.8 Å². The molecule has 0 unspecified atom stereocenters. The Balaban J connectivity index is 1.73. The lowest BCUT2D eigenvalue weighted by Crippen LogP contribution is -2.46. The fraction of sp³-hybridized carbons (Fsp3) is 0.571. The number of aryl methyl sites for hydroxylation is 1. The van der Waals surface area contributed by atoms with Crippen LogP contribution in [-0.4, -0.2) is 55.5 Å². The van der Waals surface area contributed by atoms with Crippen molar-refractivity contribution in [2.24, 2.45) is 11.8 Å². The van der Waals surface area contributed by atoms with Crippen LogP contribution in [-0.2, 0) is 22.6 Å². The van der Waals surface area contributed by atoms with E-state index in [0.717, 1.165) is 42.8 Å². The van der Waals surface area contributed by atoms with E-state index >= 15 is 0 Å². The van der Waals surface area contributed by atoms with Crippen molar-refractivity contribution in [2.75, 3.05) is 33.9 Å². The van der Waals surface area contributed by atoms with E-state index in [0.29, 0.717) is 43.5 Å². The molecule has 1 saturated carbocycles. The maximum atomic E-state index is 13.5. The van der Waals surface area contributed by atoms with Gasteiger partial charge < -0.3 is 23.7 Å². The molecule has 3 rings (SSSR count). The number of hydrogen-bond acceptors (Lipinski definition) is 5. The van der Waals surface area contributed by atoms with Gasteiger partial charge in [0.2, 0.25) is 11.8 Å². The Morgan fingerprint density at radius 2 is 1.77 bits per heavy atom. The van der Waals surface area contributed by atoms with Crippen LogP contribution in [0.5, 0.6) is 11.5 Å². The summed E-state index contributed by atoms with van der Waals surface area (Å²) in [7, 11) is 3.22. The van der Waals surface area contributed by atoms with Crippen LogP contribution in [0, 0.1) is 18.8 Å². The molecule has 7 heteroatoms. The van der Waals surface area contributed by atoms with E-state index in [-0.39, 0.29) is 24.3 Å². The standard InChI is InChI=1S/C28H40N2O5/c1-20(2)13-15-30(28(32)23-7-6-8-23)19-27(31)29(18-24-11-9-21(3)35-24)16-14-22-10-12-25(33-4)26(17-22)34-5/h9-12,17,20,23H,6-8,13-16,18-19H2,1-5H3. The van der Waals surface area contributed by atoms with Crippen LogP contribution >= 0.6 is 0 Å². The van der Waals surface area contributed by atoms with Gasteiger partial charge in [0.15, 0.2) is 11.5 Å². The Morgan fingerprint density at radius 3 is 2.34 bits per heavy atom. The quantitative estimate of drug-likeness (QED) is 0.406. The monoisotopic (exact) mass is 484 g/mol. The van der Waals surface area contributed by atoms with Gasteiger partial charge in [0, 0.05) is 19.0 Å². The molecule has 0 atom stereocenters. The SMILES string of the molecule is COc1ccc(CCN(Cc2ccc(C)o2)C(=O)CN(CCC(C)C)C(=O)C2CCC2)cc1OC. The molecule has 1 heterocycles. The number of carbonyl (C=O) groups is 2. The zero-order valence-electron chi connectivity index (χ0n) is 21.8. The van der Waals surface area contributed by atoms with Crippen LogP contribution < -0.4 is 9.47 Å². The Labute approximate surface area is 209 Å². The number of amides is 2. The first-order chi connectivity index (χ1) is 16.8. The Kier molecular flexibility index (Phi) is 9.64. The number of hydrogen-bond donors (Lipinski definition) is 0. The third-order valence-electron chi connectivity index (χ3n) is 6.68. The molecule has 7 nitrogen and oxygen atoms in total. The van der Waals surface area contributed by atoms with Crippen LogP contribution in [0.1, 0.15) is 56.6 Å². The molecule has 192 valence electrons. The third-order valence-corrected chi connectivity index (χ3v) is 6.68. The second kappa shape index (κ2) is 12.7. The molecule has 0 N–H and O–H groups in total. The third kappa shape index (κ3) is 7.51. The summed E-state index contributed by atoms with van der Waals surface area (Å²) < 4.78 is 16.5. The molecule has 0 aliphatic heterocycles. The second-order valence-corrected chi connectivity index (χ2v) is 9.84. The summed E-state index contributed by atoms with van der Waals surface area (Å²) in [6.07, 6.45) is 4.49. The molecule has 1 fully saturated rings. The van der Waals surface area contributed by atoms with Crippen molar-refractivity contribution in [3.8, 4) is 11.5 Å². The van der Waals surface area contributed by atoms with Gasteiger partial charge in [-0.1, -0.05) is 26.3 Å². The van der Waals surface area contributed by atoms with Crippen LogP contribution in [0.2, 0.25) is 0 Å². The van der Waals surface area contributed by atoms with Gasteiger partial charge in [-0.3, -0.25) is 9.59 Å². The van der Waals surface area contributed by atoms with Gasteiger partial charge in [0.25, 0.3) is 0 Å². The first-order valence-corrected chi connectivity index (χ1v) is 12.6. The highest BCUT2D eigenvalue weighted by Gasteiger charge is 2.31. The minimum Gasteiger partial charge on any atom is -0.493 e. The van der Waals surface area contributed by atoms with E-state index in [4.69, 9.17) is 13.9 Å². The molecule has 0 bridgehead atoms. The number of methoxy groups -OCH3 is 2. The first kappa shape index (κ1) is 26.6. The molecule has 1 aliphatic rings. The molecule has 1 aromatic heterocycles. The number of carbonyl (C=O) groups excluding carboxylic acids is 2. The van der Waals surface area contributed by atoms with Gasteiger partial charge in [-0.25, -0.2) is 0 Å². The fourth-order valence-corrected chi connectivity index (χ4v) is 4.21. The molecular formula is C28H40N2O5. The number of rotatable bonds is 13. The predicted octanol–water partition coefficient (Wildman–Crippen LogP) is 4.85. The summed E-state index contributed by atoms with van der Waals surface area (Å²) in [6, 6.07) is 9.61. The summed E-state index contributed by atoms with van der Waals surface area (Å²) in [5, 5.41) is 0. The lowest BCUT2D eigenvalue weighted by atomic mass is 9.84. The smallest absolute Gasteiger partial charge is 0.242 e. The molecule has 0 radical (unpaired) electrons. The lowest BCUT2D eigenvalue weighted by molar-refractivity contribution is -0.145. The van der Waals surface area contributed by atoms with E-state index in [1.54, 1.807) is 24.0 Å². The Hall–Kier alpha value is -2.96. The summed E-state index contributed by atoms with van der Waals surface area (Å²) >= 11 is 0. The van der Waals surface area contributed by atoms with Crippen molar-refractivity contribution in [2.45, 2.75) is 59.4 Å². The van der Waals surface area contributed by atoms with E-state index < -0.39 is 0 Å². The summed E-state index contributed by atoms with van der Waals surface area (Å²) in [6.45, 7) is 7.77. The van der Waals surface area contributed by atoms with Gasteiger partial charge in [-0.05, 0) is 68.4 Å². The molecule has 1 aromatic carbocycles. The van der Waals surface area contributed by atoms with Crippen molar-refractivity contribution in [3.63, 3.8) is 0 Å². The van der Waals surface area contributed by atoms with Gasteiger partial charge in [0.1, 0.15) is 11.5 Å². The fourth-order valence-electron chi connectivity index (χ4n) is 4.21. The van der Waals surface area contributed by atoms with E-state index in [1.807, 2.05) is 37.3 Å². The normalized spacial score (nSPS) is 13.4. The van der Waals surface area contributed by atoms with E-state index in [9.17, 15) is 9.59 Å². The maximum absolute atomic E-state index is 13.5. The highest BCUT2D eigenvalue weighted by atomic mass is 16.5. The largest absolute Gasteiger partial charge is 0.493 e. The van der Waals surface area contributed by atoms with Gasteiger partial charge >= 0.3 is 0 Å². The van der Waals surface area contributed by atoms with Gasteiger partial charge in [-0.2, -0.15) is 0 Å². The van der Waals surface area contributed by atoms with Crippen molar-refractivity contribution < 1.29 is 23.5 Å². The molecule has 1 aliphatic carbocycles. The molecule has 2 aromatic rings. The van der Waals surface area contributed by atoms with Crippen LogP contribution in [0.15, 0.2) is 34.7 Å². The zero-order chi connectivity index (χ0) is 25.4. The number of benzene rings is 1. The van der Waals surface area contributed by atoms with Gasteiger partial charge in [-0.15, -0.1) is 0 Å². The average Bonchev–Trinajstić information content (AvgIpc) is 3.22. The number of nitrogens with zero attached hydrogens (tertiary/aromatic N) is 2. The second-order valence-electron chi connectivity index (χ2n) is 9.84. The predicted molar refractivity (Wildman–Crippen MR) is 135 cm³/mol. The lowest BCUT2D eigenvalue weighted by Gasteiger charge is -2.33. The highest BCUT2D eigenvalue weighted by molar-refractivity contribution is 5.86. The minimum absolute atomic E-state index is 0.0593. The van der Waals surface area contributed by atoms with Crippen LogP contribution in [0.3, 0.4) is 0 Å². The Morgan fingerprint density at radius 1 is 1.03 bits per heavy atom. The van der Waals surface area contributed by atoms with Crippen LogP contribution in [0.4, 0.5) is 0 Å². The van der Waals surface area contributed by atoms with Crippen molar-refractivity contribution >= 4 is 11.8 Å². The molecule has 0 saturated heterocycles. The molecule has 35 heavy (non-hydrogen) atoms. The zero-order valence-corrected chi connectivity index (χ0v) is 21.8. The Bertz CT molecular complexity index is 979. The van der Waals surface area contributed by atoms with Crippen molar-refractivity contribution in [3.05, 3.63) is 47.4 Å². The molecule has 0 spiro atoms. The van der Waals surface area contributed by atoms with Crippen molar-refractivity contribution in [1.29, 1.82) is 0 Å². The van der Waals surface area contributed by atoms with E-state index in [1.165, 1.54) is 0 Å².